The first kappa shape index (κ1) is 31.8. The molecule has 0 aromatic carbocycles. The zero-order valence-corrected chi connectivity index (χ0v) is 27.4. The van der Waals surface area contributed by atoms with Crippen molar-refractivity contribution in [2.75, 3.05) is 0 Å². The molecule has 38 heavy (non-hydrogen) atoms. The second-order valence-corrected chi connectivity index (χ2v) is 20.2. The molecule has 8 atom stereocenters. The summed E-state index contributed by atoms with van der Waals surface area (Å²) in [7, 11) is -1.87. The predicted octanol–water partition coefficient (Wildman–Crippen LogP) is 8.84. The molecule has 3 saturated carbocycles. The SMILES string of the molecule is C=C1CC[C@@H](O[Si](C)(C)C(C)(C)C)C/C1=C/C(O)C1(O)CCC[C@]2(C)[C@@H]([C@H](C)/C=C/[C@H](C)C(C)C)CC[C@@H]12. The first-order chi connectivity index (χ1) is 17.4. The Morgan fingerprint density at radius 3 is 2.32 bits per heavy atom. The fraction of sp³-hybridized carbons (Fsp3) is 0.824. The van der Waals surface area contributed by atoms with Crippen LogP contribution in [0.15, 0.2) is 36.0 Å². The standard InChI is InChI=1S/C34H60O3Si/c1-23(2)24(3)13-14-26(5)29-17-18-30-33(29,9)19-12-20-34(30,36)31(35)22-27-21-28(16-15-25(27)4)37-38(10,11)32(6,7)8/h13-14,22-24,26,28-31,35-36H,4,12,15-21H2,1-3,5-11H3/b14-13+,27-22-/t24-,26+,28+,29+,30+,31?,33+,34?/m0/s1. The van der Waals surface area contributed by atoms with Crippen molar-refractivity contribution >= 4 is 8.32 Å². The third-order valence-electron chi connectivity index (χ3n) is 11.5. The van der Waals surface area contributed by atoms with Gasteiger partial charge in [0.15, 0.2) is 8.32 Å². The molecule has 3 fully saturated rings. The lowest BCUT2D eigenvalue weighted by atomic mass is 9.56. The molecule has 0 saturated heterocycles. The van der Waals surface area contributed by atoms with Gasteiger partial charge in [0.1, 0.15) is 6.10 Å². The molecular formula is C34H60O3Si. The molecule has 0 aliphatic heterocycles. The van der Waals surface area contributed by atoms with Gasteiger partial charge in [0.2, 0.25) is 0 Å². The number of hydrogen-bond acceptors (Lipinski definition) is 3. The zero-order valence-electron chi connectivity index (χ0n) is 26.4. The molecule has 0 aromatic heterocycles. The fourth-order valence-electron chi connectivity index (χ4n) is 7.50. The van der Waals surface area contributed by atoms with Crippen molar-refractivity contribution in [2.45, 2.75) is 143 Å². The maximum Gasteiger partial charge on any atom is 0.192 e. The zero-order chi connectivity index (χ0) is 28.7. The van der Waals surface area contributed by atoms with Crippen molar-refractivity contribution < 1.29 is 14.6 Å². The Kier molecular flexibility index (Phi) is 9.77. The quantitative estimate of drug-likeness (QED) is 0.237. The van der Waals surface area contributed by atoms with Crippen LogP contribution in [0, 0.1) is 35.0 Å². The van der Waals surface area contributed by atoms with Crippen LogP contribution in [-0.2, 0) is 4.43 Å². The summed E-state index contributed by atoms with van der Waals surface area (Å²) < 4.78 is 6.76. The molecule has 0 amide bonds. The van der Waals surface area contributed by atoms with E-state index >= 15 is 0 Å². The second-order valence-electron chi connectivity index (χ2n) is 15.4. The maximum absolute atomic E-state index is 12.2. The Morgan fingerprint density at radius 2 is 1.71 bits per heavy atom. The van der Waals surface area contributed by atoms with Gasteiger partial charge in [-0.1, -0.05) is 79.7 Å². The molecule has 4 heteroatoms. The minimum Gasteiger partial charge on any atom is -0.414 e. The summed E-state index contributed by atoms with van der Waals surface area (Å²) in [4.78, 5) is 0. The Hall–Kier alpha value is -0.683. The molecule has 0 heterocycles. The van der Waals surface area contributed by atoms with Crippen molar-refractivity contribution in [2.24, 2.45) is 35.0 Å². The van der Waals surface area contributed by atoms with Crippen LogP contribution in [0.5, 0.6) is 0 Å². The van der Waals surface area contributed by atoms with Crippen LogP contribution in [0.1, 0.15) is 107 Å². The number of hydrogen-bond donors (Lipinski definition) is 2. The van der Waals surface area contributed by atoms with E-state index in [1.807, 2.05) is 6.08 Å². The smallest absolute Gasteiger partial charge is 0.192 e. The summed E-state index contributed by atoms with van der Waals surface area (Å²) in [5, 5.41) is 24.0. The van der Waals surface area contributed by atoms with E-state index in [9.17, 15) is 10.2 Å². The minimum atomic E-state index is -1.87. The van der Waals surface area contributed by atoms with Crippen LogP contribution in [0.25, 0.3) is 0 Å². The Morgan fingerprint density at radius 1 is 1.05 bits per heavy atom. The van der Waals surface area contributed by atoms with Crippen molar-refractivity contribution in [1.29, 1.82) is 0 Å². The van der Waals surface area contributed by atoms with Gasteiger partial charge >= 0.3 is 0 Å². The van der Waals surface area contributed by atoms with E-state index in [1.54, 1.807) is 0 Å². The molecule has 3 aliphatic rings. The maximum atomic E-state index is 12.2. The first-order valence-corrected chi connectivity index (χ1v) is 18.5. The van der Waals surface area contributed by atoms with Gasteiger partial charge in [0, 0.05) is 6.10 Å². The molecule has 3 aliphatic carbocycles. The van der Waals surface area contributed by atoms with E-state index in [0.717, 1.165) is 56.1 Å². The van der Waals surface area contributed by atoms with Gasteiger partial charge in [-0.05, 0) is 116 Å². The molecule has 0 aromatic rings. The summed E-state index contributed by atoms with van der Waals surface area (Å²) in [6, 6.07) is 0. The highest BCUT2D eigenvalue weighted by Gasteiger charge is 2.59. The van der Waals surface area contributed by atoms with Gasteiger partial charge in [-0.25, -0.2) is 0 Å². The highest BCUT2D eigenvalue weighted by molar-refractivity contribution is 6.74. The Balaban J connectivity index is 1.78. The van der Waals surface area contributed by atoms with Crippen LogP contribution >= 0.6 is 0 Å². The first-order valence-electron chi connectivity index (χ1n) is 15.6. The van der Waals surface area contributed by atoms with Crippen LogP contribution in [0.4, 0.5) is 0 Å². The molecule has 2 unspecified atom stereocenters. The molecule has 2 N–H and O–H groups in total. The largest absolute Gasteiger partial charge is 0.414 e. The average Bonchev–Trinajstić information content (AvgIpc) is 3.16. The van der Waals surface area contributed by atoms with Gasteiger partial charge in [0.25, 0.3) is 0 Å². The summed E-state index contributed by atoms with van der Waals surface area (Å²) >= 11 is 0. The number of aliphatic hydroxyl groups is 2. The molecule has 0 bridgehead atoms. The lowest BCUT2D eigenvalue weighted by molar-refractivity contribution is -0.155. The Labute approximate surface area is 236 Å². The van der Waals surface area contributed by atoms with Gasteiger partial charge in [0.05, 0.1) is 5.60 Å². The molecule has 0 radical (unpaired) electrons. The van der Waals surface area contributed by atoms with Gasteiger partial charge in [-0.3, -0.25) is 0 Å². The second kappa shape index (κ2) is 11.7. The third kappa shape index (κ3) is 6.45. The topological polar surface area (TPSA) is 49.7 Å². The third-order valence-corrected chi connectivity index (χ3v) is 16.1. The molecule has 218 valence electrons. The average molecular weight is 545 g/mol. The van der Waals surface area contributed by atoms with Crippen LogP contribution in [-0.4, -0.2) is 36.3 Å². The summed E-state index contributed by atoms with van der Waals surface area (Å²) in [5.41, 5.74) is 1.18. The van der Waals surface area contributed by atoms with Crippen molar-refractivity contribution in [3.63, 3.8) is 0 Å². The van der Waals surface area contributed by atoms with E-state index in [0.29, 0.717) is 30.1 Å². The normalized spacial score (nSPS) is 36.6. The number of allylic oxidation sites excluding steroid dienone is 3. The van der Waals surface area contributed by atoms with E-state index in [2.05, 4.69) is 87.2 Å². The Bertz CT molecular complexity index is 896. The van der Waals surface area contributed by atoms with Crippen LogP contribution in [0.3, 0.4) is 0 Å². The number of aliphatic hydroxyl groups excluding tert-OH is 1. The minimum absolute atomic E-state index is 0.0505. The van der Waals surface area contributed by atoms with Gasteiger partial charge in [-0.2, -0.15) is 0 Å². The van der Waals surface area contributed by atoms with Crippen molar-refractivity contribution in [3.05, 3.63) is 36.0 Å². The van der Waals surface area contributed by atoms with Crippen LogP contribution < -0.4 is 0 Å². The molecular weight excluding hydrogens is 484 g/mol. The van der Waals surface area contributed by atoms with Gasteiger partial charge in [-0.15, -0.1) is 0 Å². The summed E-state index contributed by atoms with van der Waals surface area (Å²) in [6.45, 7) is 27.5. The highest BCUT2D eigenvalue weighted by atomic mass is 28.4. The van der Waals surface area contributed by atoms with Crippen LogP contribution in [0.2, 0.25) is 18.1 Å². The predicted molar refractivity (Wildman–Crippen MR) is 165 cm³/mol. The van der Waals surface area contributed by atoms with Gasteiger partial charge < -0.3 is 14.6 Å². The molecule has 3 nitrogen and oxygen atoms in total. The number of rotatable bonds is 8. The van der Waals surface area contributed by atoms with E-state index in [4.69, 9.17) is 4.43 Å². The van der Waals surface area contributed by atoms with E-state index < -0.39 is 20.0 Å². The monoisotopic (exact) mass is 544 g/mol. The molecule has 0 spiro atoms. The summed E-state index contributed by atoms with van der Waals surface area (Å²) in [6.07, 6.45) is 13.7. The number of fused-ring (bicyclic) bond motifs is 1. The highest BCUT2D eigenvalue weighted by Crippen LogP contribution is 2.61. The van der Waals surface area contributed by atoms with E-state index in [1.165, 1.54) is 0 Å². The van der Waals surface area contributed by atoms with Crippen molar-refractivity contribution in [1.82, 2.24) is 0 Å². The lowest BCUT2D eigenvalue weighted by Gasteiger charge is -2.52. The van der Waals surface area contributed by atoms with Crippen molar-refractivity contribution in [3.8, 4) is 0 Å². The van der Waals surface area contributed by atoms with E-state index in [-0.39, 0.29) is 22.5 Å². The fourth-order valence-corrected chi connectivity index (χ4v) is 8.89. The molecule has 3 rings (SSSR count). The summed E-state index contributed by atoms with van der Waals surface area (Å²) in [5.74, 6) is 2.37. The lowest BCUT2D eigenvalue weighted by Crippen LogP contribution is -2.56.